The molecule has 1 aliphatic rings. The van der Waals surface area contributed by atoms with E-state index in [9.17, 15) is 24.3 Å². The number of carbonyl (C=O) groups excluding carboxylic acids is 4. The second-order valence-corrected chi connectivity index (χ2v) is 13.2. The molecule has 10 nitrogen and oxygen atoms in total. The molecular formula is C33H41N5O5S. The molecule has 1 aromatic heterocycles. The van der Waals surface area contributed by atoms with Gasteiger partial charge in [-0.15, -0.1) is 11.3 Å². The Balaban J connectivity index is 1.45. The van der Waals surface area contributed by atoms with E-state index < -0.39 is 41.5 Å². The van der Waals surface area contributed by atoms with E-state index >= 15 is 0 Å². The van der Waals surface area contributed by atoms with E-state index in [-0.39, 0.29) is 37.7 Å². The van der Waals surface area contributed by atoms with Crippen LogP contribution >= 0.6 is 11.3 Å². The molecule has 1 fully saturated rings. The number of aromatic nitrogens is 1. The van der Waals surface area contributed by atoms with Crippen molar-refractivity contribution in [2.45, 2.75) is 78.2 Å². The van der Waals surface area contributed by atoms with Gasteiger partial charge in [-0.1, -0.05) is 75.4 Å². The predicted octanol–water partition coefficient (Wildman–Crippen LogP) is 2.97. The number of nitrogens with zero attached hydrogens (tertiary/aromatic N) is 2. The van der Waals surface area contributed by atoms with Crippen LogP contribution in [-0.2, 0) is 32.1 Å². The highest BCUT2D eigenvalue weighted by Crippen LogP contribution is 2.28. The van der Waals surface area contributed by atoms with Crippen LogP contribution in [0.5, 0.6) is 0 Å². The molecule has 4 N–H and O–H groups in total. The molecule has 234 valence electrons. The molecule has 11 heteroatoms. The quantitative estimate of drug-likeness (QED) is 0.275. The summed E-state index contributed by atoms with van der Waals surface area (Å²) in [5, 5.41) is 19.0. The summed E-state index contributed by atoms with van der Waals surface area (Å²) in [6, 6.07) is 14.3. The van der Waals surface area contributed by atoms with Crippen molar-refractivity contribution in [3.8, 4) is 10.4 Å². The number of hydrogen-bond acceptors (Lipinski definition) is 7. The monoisotopic (exact) mass is 619 g/mol. The van der Waals surface area contributed by atoms with E-state index in [4.69, 9.17) is 0 Å². The summed E-state index contributed by atoms with van der Waals surface area (Å²) in [6.45, 7) is 8.99. The smallest absolute Gasteiger partial charge is 0.246 e. The number of nitrogens with one attached hydrogen (secondary N) is 3. The molecule has 0 unspecified atom stereocenters. The third-order valence-electron chi connectivity index (χ3n) is 7.67. The van der Waals surface area contributed by atoms with Crippen molar-refractivity contribution in [1.29, 1.82) is 0 Å². The van der Waals surface area contributed by atoms with Crippen molar-refractivity contribution in [2.75, 3.05) is 6.54 Å². The minimum absolute atomic E-state index is 0.0264. The van der Waals surface area contributed by atoms with E-state index in [1.165, 1.54) is 11.8 Å². The minimum Gasteiger partial charge on any atom is -0.391 e. The van der Waals surface area contributed by atoms with Crippen LogP contribution in [0, 0.1) is 12.3 Å². The number of benzene rings is 2. The van der Waals surface area contributed by atoms with Crippen LogP contribution in [0.25, 0.3) is 10.4 Å². The topological polar surface area (TPSA) is 141 Å². The molecule has 2 aromatic carbocycles. The summed E-state index contributed by atoms with van der Waals surface area (Å²) in [5.41, 5.74) is 4.84. The van der Waals surface area contributed by atoms with Crippen LogP contribution in [0.3, 0.4) is 0 Å². The molecule has 3 aromatic rings. The number of likely N-dealkylation sites (tertiary alicyclic amines) is 1. The standard InChI is InChI=1S/C33H41N5O5S/c1-20-28(44-19-35-20)24-13-11-23(12-14-24)17-34-31(42)27-16-25(40)18-38(27)32(43)29(33(3,4)5)37-30(41)26(36-21(2)39)15-22-9-7-6-8-10-22/h6-14,19,25-27,29,40H,15-18H2,1-5H3,(H,34,42)(H,36,39)(H,37,41)/t25-,26+,27+,29-/m0/s1. The first-order valence-electron chi connectivity index (χ1n) is 14.7. The molecular weight excluding hydrogens is 578 g/mol. The molecule has 4 rings (SSSR count). The van der Waals surface area contributed by atoms with Crippen LogP contribution in [0.4, 0.5) is 0 Å². The number of thiazole rings is 1. The van der Waals surface area contributed by atoms with Gasteiger partial charge >= 0.3 is 0 Å². The van der Waals surface area contributed by atoms with Gasteiger partial charge in [0.05, 0.1) is 22.2 Å². The van der Waals surface area contributed by atoms with Crippen molar-refractivity contribution >= 4 is 35.0 Å². The van der Waals surface area contributed by atoms with E-state index in [2.05, 4.69) is 20.9 Å². The van der Waals surface area contributed by atoms with Crippen molar-refractivity contribution < 1.29 is 24.3 Å². The van der Waals surface area contributed by atoms with Crippen LogP contribution in [0.2, 0.25) is 0 Å². The van der Waals surface area contributed by atoms with E-state index in [0.29, 0.717) is 0 Å². The van der Waals surface area contributed by atoms with Gasteiger partial charge in [0.2, 0.25) is 23.6 Å². The minimum atomic E-state index is -1.01. The summed E-state index contributed by atoms with van der Waals surface area (Å²) < 4.78 is 0. The molecule has 0 spiro atoms. The Hall–Kier alpha value is -4.09. The Morgan fingerprint density at radius 1 is 1.02 bits per heavy atom. The molecule has 0 bridgehead atoms. The maximum absolute atomic E-state index is 14.0. The normalized spacial score (nSPS) is 17.9. The van der Waals surface area contributed by atoms with Crippen molar-refractivity contribution in [3.63, 3.8) is 0 Å². The molecule has 2 heterocycles. The number of amides is 4. The fourth-order valence-electron chi connectivity index (χ4n) is 5.33. The Morgan fingerprint density at radius 3 is 2.30 bits per heavy atom. The number of aliphatic hydroxyl groups is 1. The van der Waals surface area contributed by atoms with E-state index in [0.717, 1.165) is 27.3 Å². The van der Waals surface area contributed by atoms with Gasteiger partial charge in [-0.2, -0.15) is 0 Å². The summed E-state index contributed by atoms with van der Waals surface area (Å²) in [7, 11) is 0. The average Bonchev–Trinajstić information content (AvgIpc) is 3.59. The average molecular weight is 620 g/mol. The van der Waals surface area contributed by atoms with Gasteiger partial charge in [-0.3, -0.25) is 19.2 Å². The summed E-state index contributed by atoms with van der Waals surface area (Å²) in [5.74, 6) is -1.72. The number of carbonyl (C=O) groups is 4. The maximum Gasteiger partial charge on any atom is 0.246 e. The van der Waals surface area contributed by atoms with Crippen molar-refractivity contribution in [1.82, 2.24) is 25.8 Å². The van der Waals surface area contributed by atoms with Crippen LogP contribution in [-0.4, -0.2) is 69.4 Å². The first-order chi connectivity index (χ1) is 20.8. The Labute approximate surface area is 262 Å². The highest BCUT2D eigenvalue weighted by Gasteiger charge is 2.45. The van der Waals surface area contributed by atoms with Gasteiger partial charge in [-0.05, 0) is 29.0 Å². The van der Waals surface area contributed by atoms with Crippen molar-refractivity contribution in [2.24, 2.45) is 5.41 Å². The molecule has 1 aliphatic heterocycles. The van der Waals surface area contributed by atoms with E-state index in [1.54, 1.807) is 11.3 Å². The lowest BCUT2D eigenvalue weighted by Gasteiger charge is -2.36. The van der Waals surface area contributed by atoms with Gasteiger partial charge in [0.25, 0.3) is 0 Å². The fraction of sp³-hybridized carbons (Fsp3) is 0.424. The largest absolute Gasteiger partial charge is 0.391 e. The number of hydrogen-bond donors (Lipinski definition) is 4. The fourth-order valence-corrected chi connectivity index (χ4v) is 6.14. The molecule has 1 saturated heterocycles. The predicted molar refractivity (Wildman–Crippen MR) is 169 cm³/mol. The zero-order valence-electron chi connectivity index (χ0n) is 25.8. The van der Waals surface area contributed by atoms with Gasteiger partial charge in [0.15, 0.2) is 0 Å². The number of aliphatic hydroxyl groups excluding tert-OH is 1. The molecule has 44 heavy (non-hydrogen) atoms. The lowest BCUT2D eigenvalue weighted by molar-refractivity contribution is -0.144. The zero-order valence-corrected chi connectivity index (χ0v) is 26.6. The SMILES string of the molecule is CC(=O)N[C@H](Cc1ccccc1)C(=O)N[C@@H](C(=O)N1C[C@@H](O)C[C@@H]1C(=O)NCc1ccc(-c2scnc2C)cc1)C(C)(C)C. The van der Waals surface area contributed by atoms with Crippen LogP contribution < -0.4 is 16.0 Å². The molecule has 4 atom stereocenters. The maximum atomic E-state index is 14.0. The third kappa shape index (κ3) is 8.29. The Bertz CT molecular complexity index is 1470. The van der Waals surface area contributed by atoms with Gasteiger partial charge < -0.3 is 26.0 Å². The van der Waals surface area contributed by atoms with E-state index in [1.807, 2.05) is 87.8 Å². The molecule has 0 radical (unpaired) electrons. The van der Waals surface area contributed by atoms with Gasteiger partial charge in [0.1, 0.15) is 18.1 Å². The molecule has 0 saturated carbocycles. The third-order valence-corrected chi connectivity index (χ3v) is 8.65. The summed E-state index contributed by atoms with van der Waals surface area (Å²) >= 11 is 1.57. The number of aryl methyl sites for hydroxylation is 1. The summed E-state index contributed by atoms with van der Waals surface area (Å²) in [6.07, 6.45) is -0.539. The van der Waals surface area contributed by atoms with Crippen molar-refractivity contribution in [3.05, 3.63) is 76.9 Å². The van der Waals surface area contributed by atoms with Gasteiger partial charge in [-0.25, -0.2) is 4.98 Å². The van der Waals surface area contributed by atoms with Crippen LogP contribution in [0.15, 0.2) is 60.1 Å². The highest BCUT2D eigenvalue weighted by molar-refractivity contribution is 7.13. The second-order valence-electron chi connectivity index (χ2n) is 12.3. The van der Waals surface area contributed by atoms with Crippen LogP contribution in [0.1, 0.15) is 50.9 Å². The number of β-amino-alcohol motifs (C(OH)–C–C–N with tert-alkyl or cyclic N) is 1. The Morgan fingerprint density at radius 2 is 1.70 bits per heavy atom. The molecule has 0 aliphatic carbocycles. The number of rotatable bonds is 10. The lowest BCUT2D eigenvalue weighted by Crippen LogP contribution is -2.60. The first kappa shape index (κ1) is 32.8. The lowest BCUT2D eigenvalue weighted by atomic mass is 9.85. The Kier molecular flexibility index (Phi) is 10.5. The highest BCUT2D eigenvalue weighted by atomic mass is 32.1. The summed E-state index contributed by atoms with van der Waals surface area (Å²) in [4.78, 5) is 59.5. The molecule has 4 amide bonds. The second kappa shape index (κ2) is 14.1. The first-order valence-corrected chi connectivity index (χ1v) is 15.6. The zero-order chi connectivity index (χ0) is 32.0. The van der Waals surface area contributed by atoms with Gasteiger partial charge in [0, 0.05) is 32.9 Å².